The van der Waals surface area contributed by atoms with Gasteiger partial charge in [0.1, 0.15) is 5.82 Å². The quantitative estimate of drug-likeness (QED) is 0.642. The summed E-state index contributed by atoms with van der Waals surface area (Å²) in [4.78, 5) is 17.9. The zero-order chi connectivity index (χ0) is 20.9. The fraction of sp³-hybridized carbons (Fsp3) is 0.280. The molecule has 0 unspecified atom stereocenters. The molecule has 3 aromatic rings. The van der Waals surface area contributed by atoms with E-state index in [9.17, 15) is 4.79 Å². The summed E-state index contributed by atoms with van der Waals surface area (Å²) in [6, 6.07) is 14.1. The molecule has 0 saturated heterocycles. The second kappa shape index (κ2) is 6.87. The molecule has 0 radical (unpaired) electrons. The van der Waals surface area contributed by atoms with E-state index in [1.165, 1.54) is 11.1 Å². The molecule has 0 spiro atoms. The molecular weight excluding hydrogens is 376 g/mol. The number of aromatic nitrogens is 1. The molecule has 30 heavy (non-hydrogen) atoms. The fourth-order valence-electron chi connectivity index (χ4n) is 4.17. The number of benzene rings is 2. The van der Waals surface area contributed by atoms with Gasteiger partial charge in [0.25, 0.3) is 0 Å². The first-order chi connectivity index (χ1) is 14.5. The van der Waals surface area contributed by atoms with E-state index in [1.54, 1.807) is 0 Å². The summed E-state index contributed by atoms with van der Waals surface area (Å²) in [6.07, 6.45) is 3.50. The van der Waals surface area contributed by atoms with Crippen molar-refractivity contribution in [2.75, 3.05) is 12.1 Å². The summed E-state index contributed by atoms with van der Waals surface area (Å²) in [5.74, 6) is 2.05. The van der Waals surface area contributed by atoms with Gasteiger partial charge >= 0.3 is 0 Å². The third-order valence-electron chi connectivity index (χ3n) is 6.42. The van der Waals surface area contributed by atoms with Crippen LogP contribution < -0.4 is 14.8 Å². The van der Waals surface area contributed by atoms with Crippen LogP contribution in [0.2, 0.25) is 0 Å². The summed E-state index contributed by atoms with van der Waals surface area (Å²) in [7, 11) is 0. The Morgan fingerprint density at radius 1 is 1.00 bits per heavy atom. The second-order valence-corrected chi connectivity index (χ2v) is 8.19. The number of pyridine rings is 1. The van der Waals surface area contributed by atoms with Crippen LogP contribution in [-0.2, 0) is 10.2 Å². The van der Waals surface area contributed by atoms with Crippen LogP contribution >= 0.6 is 0 Å². The minimum Gasteiger partial charge on any atom is -0.454 e. The molecule has 0 atom stereocenters. The number of aryl methyl sites for hydroxylation is 1. The van der Waals surface area contributed by atoms with E-state index in [-0.39, 0.29) is 14.1 Å². The van der Waals surface area contributed by atoms with Crippen molar-refractivity contribution < 1.29 is 15.7 Å². The Balaban J connectivity index is 0.00000231. The molecule has 2 heterocycles. The third kappa shape index (κ3) is 2.93. The van der Waals surface area contributed by atoms with Gasteiger partial charge in [0.15, 0.2) is 11.5 Å². The molecule has 5 heteroatoms. The number of hydrogen-bond acceptors (Lipinski definition) is 4. The van der Waals surface area contributed by atoms with Gasteiger partial charge in [-0.1, -0.05) is 30.3 Å². The van der Waals surface area contributed by atoms with Crippen LogP contribution in [0.5, 0.6) is 11.5 Å². The lowest BCUT2D eigenvalue weighted by molar-refractivity contribution is -0.118. The number of ether oxygens (including phenoxy) is 2. The average molecular weight is 402 g/mol. The molecule has 5 rings (SSSR count). The highest BCUT2D eigenvalue weighted by molar-refractivity contribution is 6.01. The number of nitrogens with one attached hydrogen (secondary N) is 1. The largest absolute Gasteiger partial charge is 0.454 e. The van der Waals surface area contributed by atoms with E-state index >= 15 is 0 Å². The standard InChI is InChI=1S/C25H24N2O3.H2/c1-15-6-4-5-7-19(15)20-13-26-23(17(3)16(20)2)27-24(28)25(10-11-25)18-8-9-21-22(12-18)30-14-29-21;/h4-9,12-13H,10-11,14H2,1-3H3,(H,26,27,28);1H. The molecule has 2 aromatic carbocycles. The Morgan fingerprint density at radius 3 is 2.53 bits per heavy atom. The van der Waals surface area contributed by atoms with E-state index in [2.05, 4.69) is 36.3 Å². The fourth-order valence-corrected chi connectivity index (χ4v) is 4.17. The topological polar surface area (TPSA) is 60.5 Å². The highest BCUT2D eigenvalue weighted by Gasteiger charge is 2.52. The maximum atomic E-state index is 13.2. The number of carbonyl (C=O) groups excluding carboxylic acids is 1. The average Bonchev–Trinajstić information content (AvgIpc) is 3.43. The number of fused-ring (bicyclic) bond motifs is 1. The van der Waals surface area contributed by atoms with Crippen molar-refractivity contribution in [1.29, 1.82) is 0 Å². The number of amides is 1. The second-order valence-electron chi connectivity index (χ2n) is 8.19. The lowest BCUT2D eigenvalue weighted by Crippen LogP contribution is -2.28. The molecule has 1 fully saturated rings. The zero-order valence-corrected chi connectivity index (χ0v) is 17.4. The Hall–Kier alpha value is -3.34. The number of nitrogens with zero attached hydrogens (tertiary/aromatic N) is 1. The molecule has 154 valence electrons. The number of carbonyl (C=O) groups is 1. The molecule has 1 aromatic heterocycles. The van der Waals surface area contributed by atoms with Gasteiger partial charge in [-0.3, -0.25) is 4.79 Å². The van der Waals surface area contributed by atoms with Crippen molar-refractivity contribution in [1.82, 2.24) is 4.98 Å². The lowest BCUT2D eigenvalue weighted by Gasteiger charge is -2.19. The lowest BCUT2D eigenvalue weighted by atomic mass is 9.93. The molecule has 1 N–H and O–H groups in total. The van der Waals surface area contributed by atoms with Crippen LogP contribution in [0.4, 0.5) is 5.82 Å². The van der Waals surface area contributed by atoms with Crippen molar-refractivity contribution in [3.63, 3.8) is 0 Å². The van der Waals surface area contributed by atoms with Crippen molar-refractivity contribution in [2.24, 2.45) is 0 Å². The first kappa shape index (κ1) is 18.7. The highest BCUT2D eigenvalue weighted by Crippen LogP contribution is 2.51. The van der Waals surface area contributed by atoms with Crippen molar-refractivity contribution in [3.8, 4) is 22.6 Å². The first-order valence-electron chi connectivity index (χ1n) is 10.2. The van der Waals surface area contributed by atoms with Crippen LogP contribution in [-0.4, -0.2) is 17.7 Å². The van der Waals surface area contributed by atoms with E-state index in [1.807, 2.05) is 43.5 Å². The van der Waals surface area contributed by atoms with Gasteiger partial charge in [-0.2, -0.15) is 0 Å². The first-order valence-corrected chi connectivity index (χ1v) is 10.2. The third-order valence-corrected chi connectivity index (χ3v) is 6.42. The predicted molar refractivity (Wildman–Crippen MR) is 118 cm³/mol. The summed E-state index contributed by atoms with van der Waals surface area (Å²) < 4.78 is 10.9. The molecule has 1 saturated carbocycles. The van der Waals surface area contributed by atoms with E-state index in [0.29, 0.717) is 11.6 Å². The van der Waals surface area contributed by atoms with Crippen molar-refractivity contribution in [2.45, 2.75) is 39.0 Å². The summed E-state index contributed by atoms with van der Waals surface area (Å²) in [5, 5.41) is 3.09. The smallest absolute Gasteiger partial charge is 0.236 e. The van der Waals surface area contributed by atoms with E-state index < -0.39 is 5.41 Å². The highest BCUT2D eigenvalue weighted by atomic mass is 16.7. The van der Waals surface area contributed by atoms with Gasteiger partial charge in [0.05, 0.1) is 5.41 Å². The van der Waals surface area contributed by atoms with Gasteiger partial charge in [0.2, 0.25) is 12.7 Å². The zero-order valence-electron chi connectivity index (χ0n) is 17.4. The molecule has 2 aliphatic rings. The van der Waals surface area contributed by atoms with Gasteiger partial charge in [-0.05, 0) is 73.6 Å². The molecule has 1 aliphatic heterocycles. The van der Waals surface area contributed by atoms with Crippen LogP contribution in [0.25, 0.3) is 11.1 Å². The van der Waals surface area contributed by atoms with Crippen molar-refractivity contribution in [3.05, 3.63) is 70.9 Å². The summed E-state index contributed by atoms with van der Waals surface area (Å²) >= 11 is 0. The number of anilines is 1. The maximum absolute atomic E-state index is 13.2. The summed E-state index contributed by atoms with van der Waals surface area (Å²) in [5.41, 5.74) is 6.04. The minimum atomic E-state index is -0.516. The predicted octanol–water partition coefficient (Wildman–Crippen LogP) is 5.32. The normalized spacial score (nSPS) is 15.7. The molecule has 0 bridgehead atoms. The van der Waals surface area contributed by atoms with Gasteiger partial charge in [0, 0.05) is 13.2 Å². The number of hydrogen-bond donors (Lipinski definition) is 1. The Labute approximate surface area is 177 Å². The maximum Gasteiger partial charge on any atom is 0.236 e. The monoisotopic (exact) mass is 402 g/mol. The van der Waals surface area contributed by atoms with Gasteiger partial charge in [-0.25, -0.2) is 4.98 Å². The molecule has 1 amide bonds. The summed E-state index contributed by atoms with van der Waals surface area (Å²) in [6.45, 7) is 6.43. The molecule has 1 aliphatic carbocycles. The van der Waals surface area contributed by atoms with Gasteiger partial charge < -0.3 is 14.8 Å². The minimum absolute atomic E-state index is 0. The molecule has 5 nitrogen and oxygen atoms in total. The van der Waals surface area contributed by atoms with Crippen LogP contribution in [0, 0.1) is 20.8 Å². The van der Waals surface area contributed by atoms with E-state index in [4.69, 9.17) is 9.47 Å². The van der Waals surface area contributed by atoms with Gasteiger partial charge in [-0.15, -0.1) is 0 Å². The Bertz CT molecular complexity index is 1170. The van der Waals surface area contributed by atoms with Crippen LogP contribution in [0.3, 0.4) is 0 Å². The van der Waals surface area contributed by atoms with Crippen LogP contribution in [0.1, 0.15) is 36.5 Å². The van der Waals surface area contributed by atoms with Crippen molar-refractivity contribution >= 4 is 11.7 Å². The van der Waals surface area contributed by atoms with Crippen LogP contribution in [0.15, 0.2) is 48.7 Å². The van der Waals surface area contributed by atoms with E-state index in [0.717, 1.165) is 40.8 Å². The SMILES string of the molecule is Cc1ccccc1-c1cnc(NC(=O)C2(c3ccc4c(c3)OCO4)CC2)c(C)c1C.[HH]. The molecular formula is C25H26N2O3. The number of rotatable bonds is 4. The Kier molecular flexibility index (Phi) is 4.28. The Morgan fingerprint density at radius 2 is 1.77 bits per heavy atom.